The molecule has 6 heteroatoms. The highest BCUT2D eigenvalue weighted by molar-refractivity contribution is 14.1. The van der Waals surface area contributed by atoms with Crippen LogP contribution in [0.5, 0.6) is 0 Å². The summed E-state index contributed by atoms with van der Waals surface area (Å²) in [5.74, 6) is 0.735. The van der Waals surface area contributed by atoms with Gasteiger partial charge in [0, 0.05) is 22.8 Å². The van der Waals surface area contributed by atoms with Gasteiger partial charge >= 0.3 is 0 Å². The van der Waals surface area contributed by atoms with Crippen molar-refractivity contribution in [3.05, 3.63) is 31.9 Å². The van der Waals surface area contributed by atoms with E-state index in [-0.39, 0.29) is 17.2 Å². The Morgan fingerprint density at radius 3 is 2.84 bits per heavy atom. The van der Waals surface area contributed by atoms with Gasteiger partial charge in [0.1, 0.15) is 5.69 Å². The predicted molar refractivity (Wildman–Crippen MR) is 82.2 cm³/mol. The third kappa shape index (κ3) is 3.56. The maximum absolute atomic E-state index is 11.0. The summed E-state index contributed by atoms with van der Waals surface area (Å²) in [5.41, 5.74) is 0.680. The van der Waals surface area contributed by atoms with Crippen LogP contribution in [0.4, 0.5) is 11.4 Å². The molecule has 0 radical (unpaired) electrons. The van der Waals surface area contributed by atoms with E-state index in [9.17, 15) is 15.2 Å². The summed E-state index contributed by atoms with van der Waals surface area (Å²) in [6.07, 6.45) is 3.26. The van der Waals surface area contributed by atoms with E-state index in [1.165, 1.54) is 0 Å². The summed E-state index contributed by atoms with van der Waals surface area (Å²) in [5, 5.41) is 23.5. The van der Waals surface area contributed by atoms with Crippen molar-refractivity contribution < 1.29 is 10.0 Å². The Balaban J connectivity index is 2.05. The Bertz CT molecular complexity index is 467. The quantitative estimate of drug-likeness (QED) is 0.471. The van der Waals surface area contributed by atoms with Crippen LogP contribution in [-0.4, -0.2) is 23.2 Å². The average Bonchev–Trinajstić information content (AvgIpc) is 2.84. The number of aliphatic hydroxyl groups excluding tert-OH is 1. The van der Waals surface area contributed by atoms with Gasteiger partial charge in [-0.3, -0.25) is 10.1 Å². The van der Waals surface area contributed by atoms with Gasteiger partial charge < -0.3 is 10.4 Å². The Kier molecular flexibility index (Phi) is 4.98. The third-order valence-corrected chi connectivity index (χ3v) is 4.43. The SMILES string of the molecule is O=[N+]([O-])c1cc(I)ccc1NCC1CCCC1CO. The molecule has 2 unspecified atom stereocenters. The fourth-order valence-corrected chi connectivity index (χ4v) is 3.14. The Morgan fingerprint density at radius 2 is 2.16 bits per heavy atom. The molecule has 2 N–H and O–H groups in total. The highest BCUT2D eigenvalue weighted by atomic mass is 127. The molecule has 0 aliphatic heterocycles. The molecule has 1 aliphatic rings. The van der Waals surface area contributed by atoms with Crippen LogP contribution in [0.25, 0.3) is 0 Å². The number of nitrogens with zero attached hydrogens (tertiary/aromatic N) is 1. The van der Waals surface area contributed by atoms with Crippen molar-refractivity contribution in [3.63, 3.8) is 0 Å². The van der Waals surface area contributed by atoms with Crippen molar-refractivity contribution in [3.8, 4) is 0 Å². The van der Waals surface area contributed by atoms with Gasteiger partial charge in [0.25, 0.3) is 5.69 Å². The number of benzene rings is 1. The van der Waals surface area contributed by atoms with Crippen molar-refractivity contribution >= 4 is 34.0 Å². The molecule has 5 nitrogen and oxygen atoms in total. The number of hydrogen-bond donors (Lipinski definition) is 2. The summed E-state index contributed by atoms with van der Waals surface area (Å²) < 4.78 is 0.851. The summed E-state index contributed by atoms with van der Waals surface area (Å²) in [7, 11) is 0. The van der Waals surface area contributed by atoms with Gasteiger partial charge in [-0.15, -0.1) is 0 Å². The lowest BCUT2D eigenvalue weighted by atomic mass is 9.97. The fourth-order valence-electron chi connectivity index (χ4n) is 2.67. The van der Waals surface area contributed by atoms with E-state index in [0.717, 1.165) is 22.8 Å². The largest absolute Gasteiger partial charge is 0.396 e. The predicted octanol–water partition coefficient (Wildman–Crippen LogP) is 3.02. The lowest BCUT2D eigenvalue weighted by Gasteiger charge is -2.18. The molecular weight excluding hydrogens is 359 g/mol. The number of rotatable bonds is 5. The molecule has 0 amide bonds. The van der Waals surface area contributed by atoms with Gasteiger partial charge in [-0.25, -0.2) is 0 Å². The van der Waals surface area contributed by atoms with Crippen LogP contribution >= 0.6 is 22.6 Å². The van der Waals surface area contributed by atoms with E-state index in [1.807, 2.05) is 6.07 Å². The van der Waals surface area contributed by atoms with Crippen molar-refractivity contribution in [1.82, 2.24) is 0 Å². The second kappa shape index (κ2) is 6.51. The molecule has 0 spiro atoms. The van der Waals surface area contributed by atoms with Gasteiger partial charge in [0.05, 0.1) is 4.92 Å². The minimum absolute atomic E-state index is 0.116. The number of aliphatic hydroxyl groups is 1. The molecule has 0 saturated heterocycles. The molecule has 1 aromatic rings. The second-order valence-corrected chi connectivity index (χ2v) is 6.18. The lowest BCUT2D eigenvalue weighted by Crippen LogP contribution is -2.21. The Labute approximate surface area is 125 Å². The molecule has 0 bridgehead atoms. The zero-order valence-electron chi connectivity index (χ0n) is 10.5. The van der Waals surface area contributed by atoms with Gasteiger partial charge in [0.2, 0.25) is 0 Å². The number of anilines is 1. The smallest absolute Gasteiger partial charge is 0.293 e. The first-order chi connectivity index (χ1) is 9.11. The van der Waals surface area contributed by atoms with E-state index in [2.05, 4.69) is 27.9 Å². The number of nitro groups is 1. The van der Waals surface area contributed by atoms with Crippen LogP contribution in [0.1, 0.15) is 19.3 Å². The van der Waals surface area contributed by atoms with Crippen LogP contribution in [0.3, 0.4) is 0 Å². The van der Waals surface area contributed by atoms with Crippen LogP contribution in [0, 0.1) is 25.5 Å². The molecule has 1 saturated carbocycles. The molecule has 104 valence electrons. The maximum atomic E-state index is 11.0. The van der Waals surface area contributed by atoms with Gasteiger partial charge in [-0.1, -0.05) is 6.42 Å². The molecule has 0 heterocycles. The molecule has 2 atom stereocenters. The Morgan fingerprint density at radius 1 is 1.42 bits per heavy atom. The van der Waals surface area contributed by atoms with E-state index in [4.69, 9.17) is 0 Å². The molecule has 1 fully saturated rings. The van der Waals surface area contributed by atoms with Crippen LogP contribution in [0.15, 0.2) is 18.2 Å². The zero-order chi connectivity index (χ0) is 13.8. The number of hydrogen-bond acceptors (Lipinski definition) is 4. The summed E-state index contributed by atoms with van der Waals surface area (Å²) >= 11 is 2.07. The van der Waals surface area contributed by atoms with Crippen molar-refractivity contribution in [2.24, 2.45) is 11.8 Å². The van der Waals surface area contributed by atoms with Crippen LogP contribution in [0.2, 0.25) is 0 Å². The van der Waals surface area contributed by atoms with Crippen LogP contribution < -0.4 is 5.32 Å². The molecule has 19 heavy (non-hydrogen) atoms. The minimum atomic E-state index is -0.358. The standard InChI is InChI=1S/C13H17IN2O3/c14-11-4-5-12(13(6-11)16(18)19)15-7-9-2-1-3-10(9)8-17/h4-6,9-10,15,17H,1-3,7-8H2. The molecule has 1 aromatic carbocycles. The van der Waals surface area contributed by atoms with Crippen molar-refractivity contribution in [1.29, 1.82) is 0 Å². The zero-order valence-corrected chi connectivity index (χ0v) is 12.7. The molecule has 2 rings (SSSR count). The third-order valence-electron chi connectivity index (χ3n) is 3.76. The highest BCUT2D eigenvalue weighted by Crippen LogP contribution is 2.33. The van der Waals surface area contributed by atoms with Crippen molar-refractivity contribution in [2.75, 3.05) is 18.5 Å². The van der Waals surface area contributed by atoms with E-state index in [1.54, 1.807) is 12.1 Å². The van der Waals surface area contributed by atoms with Crippen LogP contribution in [-0.2, 0) is 0 Å². The number of nitrogens with one attached hydrogen (secondary N) is 1. The van der Waals surface area contributed by atoms with E-state index < -0.39 is 0 Å². The highest BCUT2D eigenvalue weighted by Gasteiger charge is 2.26. The molecule has 0 aromatic heterocycles. The van der Waals surface area contributed by atoms with E-state index in [0.29, 0.717) is 24.1 Å². The topological polar surface area (TPSA) is 75.4 Å². The first-order valence-corrected chi connectivity index (χ1v) is 7.48. The fraction of sp³-hybridized carbons (Fsp3) is 0.538. The normalized spacial score (nSPS) is 22.4. The molecule has 1 aliphatic carbocycles. The summed E-state index contributed by atoms with van der Waals surface area (Å²) in [4.78, 5) is 10.7. The molecular formula is C13H17IN2O3. The number of halogens is 1. The van der Waals surface area contributed by atoms with E-state index >= 15 is 0 Å². The van der Waals surface area contributed by atoms with Gasteiger partial charge in [-0.2, -0.15) is 0 Å². The van der Waals surface area contributed by atoms with Gasteiger partial charge in [0.15, 0.2) is 0 Å². The minimum Gasteiger partial charge on any atom is -0.396 e. The summed E-state index contributed by atoms with van der Waals surface area (Å²) in [6, 6.07) is 5.18. The monoisotopic (exact) mass is 376 g/mol. The second-order valence-electron chi connectivity index (χ2n) is 4.93. The first kappa shape index (κ1) is 14.5. The van der Waals surface area contributed by atoms with Crippen molar-refractivity contribution in [2.45, 2.75) is 19.3 Å². The lowest BCUT2D eigenvalue weighted by molar-refractivity contribution is -0.384. The summed E-state index contributed by atoms with van der Waals surface area (Å²) in [6.45, 7) is 0.897. The maximum Gasteiger partial charge on any atom is 0.293 e. The van der Waals surface area contributed by atoms with Gasteiger partial charge in [-0.05, 0) is 59.4 Å². The average molecular weight is 376 g/mol. The number of nitro benzene ring substituents is 1. The Hall–Kier alpha value is -0.890. The first-order valence-electron chi connectivity index (χ1n) is 6.40.